The second kappa shape index (κ2) is 10.6. The van der Waals surface area contributed by atoms with Gasteiger partial charge in [0.15, 0.2) is 0 Å². The molecule has 0 aliphatic carbocycles. The van der Waals surface area contributed by atoms with Gasteiger partial charge in [0.2, 0.25) is 0 Å². The van der Waals surface area contributed by atoms with Crippen molar-refractivity contribution >= 4 is 5.91 Å². The van der Waals surface area contributed by atoms with Crippen LogP contribution in [0.3, 0.4) is 0 Å². The number of carbonyl (C=O) groups excluding carboxylic acids is 1. The summed E-state index contributed by atoms with van der Waals surface area (Å²) in [7, 11) is 0. The molecular formula is C13H23N3O2. The molecule has 0 aliphatic rings. The molecule has 0 bridgehead atoms. The number of carbonyl (C=O) groups is 1. The monoisotopic (exact) mass is 253 g/mol. The number of amides is 1. The molecule has 0 aliphatic heterocycles. The summed E-state index contributed by atoms with van der Waals surface area (Å²) < 4.78 is 5.15. The summed E-state index contributed by atoms with van der Waals surface area (Å²) in [4.78, 5) is 11.6. The van der Waals surface area contributed by atoms with E-state index in [1.54, 1.807) is 0 Å². The molecule has 0 atom stereocenters. The second-order valence-corrected chi connectivity index (χ2v) is 4.28. The third-order valence-electron chi connectivity index (χ3n) is 2.09. The Morgan fingerprint density at radius 2 is 2.22 bits per heavy atom. The first-order valence-electron chi connectivity index (χ1n) is 6.31. The van der Waals surface area contributed by atoms with Gasteiger partial charge in [-0.05, 0) is 19.3 Å². The number of hydrogen-bond donors (Lipinski definition) is 2. The van der Waals surface area contributed by atoms with Crippen LogP contribution in [-0.4, -0.2) is 32.2 Å². The fraction of sp³-hybridized carbons (Fsp3) is 0.692. The zero-order chi connectivity index (χ0) is 13.8. The van der Waals surface area contributed by atoms with E-state index in [-0.39, 0.29) is 11.5 Å². The average molecular weight is 253 g/mol. The maximum Gasteiger partial charge on any atom is 0.263 e. The molecule has 2 N–H and O–H groups in total. The summed E-state index contributed by atoms with van der Waals surface area (Å²) in [6.07, 6.45) is 2.22. The minimum absolute atomic E-state index is 0.104. The van der Waals surface area contributed by atoms with Gasteiger partial charge < -0.3 is 15.4 Å². The van der Waals surface area contributed by atoms with Crippen LogP contribution in [0.15, 0.2) is 11.8 Å². The lowest BCUT2D eigenvalue weighted by Gasteiger charge is -2.06. The number of nitrogens with zero attached hydrogens (tertiary/aromatic N) is 1. The summed E-state index contributed by atoms with van der Waals surface area (Å²) in [5, 5.41) is 14.5. The van der Waals surface area contributed by atoms with Crippen LogP contribution in [0.1, 0.15) is 27.2 Å². The lowest BCUT2D eigenvalue weighted by Crippen LogP contribution is -2.27. The molecule has 0 rings (SSSR count). The molecule has 0 spiro atoms. The topological polar surface area (TPSA) is 74.1 Å². The number of rotatable bonds is 9. The van der Waals surface area contributed by atoms with Gasteiger partial charge in [-0.15, -0.1) is 0 Å². The highest BCUT2D eigenvalue weighted by molar-refractivity contribution is 5.97. The van der Waals surface area contributed by atoms with Crippen molar-refractivity contribution in [2.75, 3.05) is 26.3 Å². The summed E-state index contributed by atoms with van der Waals surface area (Å²) in [5.41, 5.74) is 0.104. The van der Waals surface area contributed by atoms with Crippen LogP contribution in [0, 0.1) is 17.2 Å². The predicted molar refractivity (Wildman–Crippen MR) is 70.7 cm³/mol. The van der Waals surface area contributed by atoms with Crippen molar-refractivity contribution in [1.82, 2.24) is 10.6 Å². The number of nitriles is 1. The number of hydrogen-bond acceptors (Lipinski definition) is 4. The minimum atomic E-state index is -0.342. The van der Waals surface area contributed by atoms with Gasteiger partial charge in [0, 0.05) is 32.5 Å². The smallest absolute Gasteiger partial charge is 0.263 e. The highest BCUT2D eigenvalue weighted by Gasteiger charge is 2.07. The molecule has 0 saturated carbocycles. The summed E-state index contributed by atoms with van der Waals surface area (Å²) in [5.74, 6) is 0.126. The van der Waals surface area contributed by atoms with Crippen LogP contribution in [-0.2, 0) is 9.53 Å². The summed E-state index contributed by atoms with van der Waals surface area (Å²) in [6.45, 7) is 8.59. The van der Waals surface area contributed by atoms with Crippen molar-refractivity contribution in [3.63, 3.8) is 0 Å². The van der Waals surface area contributed by atoms with Gasteiger partial charge in [-0.1, -0.05) is 13.8 Å². The number of nitrogens with one attached hydrogen (secondary N) is 2. The molecular weight excluding hydrogens is 230 g/mol. The Kier molecular flexibility index (Phi) is 9.70. The van der Waals surface area contributed by atoms with Crippen molar-refractivity contribution in [3.8, 4) is 6.07 Å². The van der Waals surface area contributed by atoms with Crippen LogP contribution in [0.4, 0.5) is 0 Å². The first-order chi connectivity index (χ1) is 8.61. The first kappa shape index (κ1) is 16.5. The summed E-state index contributed by atoms with van der Waals surface area (Å²) in [6, 6.07) is 1.88. The lowest BCUT2D eigenvalue weighted by atomic mass is 10.2. The van der Waals surface area contributed by atoms with Gasteiger partial charge in [-0.3, -0.25) is 4.79 Å². The van der Waals surface area contributed by atoms with Crippen molar-refractivity contribution in [2.45, 2.75) is 27.2 Å². The maximum absolute atomic E-state index is 11.6. The van der Waals surface area contributed by atoms with E-state index < -0.39 is 0 Å². The average Bonchev–Trinajstić information content (AvgIpc) is 2.33. The molecule has 0 saturated heterocycles. The molecule has 5 heteroatoms. The van der Waals surface area contributed by atoms with E-state index in [0.717, 1.165) is 13.0 Å². The standard InChI is InChI=1S/C13H23N3O2/c1-4-18-7-5-6-16-13(17)12(8-14)10-15-9-11(2)3/h10-11,15H,4-7,9H2,1-3H3,(H,16,17)/b12-10-. The third-order valence-corrected chi connectivity index (χ3v) is 2.09. The molecule has 5 nitrogen and oxygen atoms in total. The van der Waals surface area contributed by atoms with Gasteiger partial charge in [0.05, 0.1) is 0 Å². The molecule has 102 valence electrons. The third kappa shape index (κ3) is 8.59. The van der Waals surface area contributed by atoms with Gasteiger partial charge in [-0.2, -0.15) is 5.26 Å². The van der Waals surface area contributed by atoms with Gasteiger partial charge >= 0.3 is 0 Å². The largest absolute Gasteiger partial charge is 0.389 e. The van der Waals surface area contributed by atoms with Crippen LogP contribution < -0.4 is 10.6 Å². The Hall–Kier alpha value is -1.54. The molecule has 0 radical (unpaired) electrons. The highest BCUT2D eigenvalue weighted by Crippen LogP contribution is 1.93. The summed E-state index contributed by atoms with van der Waals surface area (Å²) >= 11 is 0. The van der Waals surface area contributed by atoms with E-state index in [0.29, 0.717) is 25.7 Å². The quantitative estimate of drug-likeness (QED) is 0.367. The Morgan fingerprint density at radius 3 is 2.78 bits per heavy atom. The molecule has 0 aromatic rings. The molecule has 0 fully saturated rings. The predicted octanol–water partition coefficient (Wildman–Crippen LogP) is 1.18. The van der Waals surface area contributed by atoms with Crippen molar-refractivity contribution in [2.24, 2.45) is 5.92 Å². The molecule has 18 heavy (non-hydrogen) atoms. The fourth-order valence-electron chi connectivity index (χ4n) is 1.16. The van der Waals surface area contributed by atoms with Crippen molar-refractivity contribution < 1.29 is 9.53 Å². The van der Waals surface area contributed by atoms with E-state index in [9.17, 15) is 4.79 Å². The molecule has 0 aromatic carbocycles. The lowest BCUT2D eigenvalue weighted by molar-refractivity contribution is -0.117. The highest BCUT2D eigenvalue weighted by atomic mass is 16.5. The van der Waals surface area contributed by atoms with E-state index in [1.807, 2.05) is 13.0 Å². The van der Waals surface area contributed by atoms with Gasteiger partial charge in [0.1, 0.15) is 11.6 Å². The SMILES string of the molecule is CCOCCCNC(=O)/C(C#N)=C\NCC(C)C. The van der Waals surface area contributed by atoms with E-state index in [2.05, 4.69) is 24.5 Å². The normalized spacial score (nSPS) is 11.2. The van der Waals surface area contributed by atoms with Gasteiger partial charge in [0.25, 0.3) is 5.91 Å². The van der Waals surface area contributed by atoms with Crippen LogP contribution in [0.5, 0.6) is 0 Å². The van der Waals surface area contributed by atoms with Crippen LogP contribution >= 0.6 is 0 Å². The fourth-order valence-corrected chi connectivity index (χ4v) is 1.16. The Balaban J connectivity index is 3.93. The van der Waals surface area contributed by atoms with Crippen LogP contribution in [0.2, 0.25) is 0 Å². The Bertz CT molecular complexity index is 306. The molecule has 0 unspecified atom stereocenters. The Morgan fingerprint density at radius 1 is 1.50 bits per heavy atom. The second-order valence-electron chi connectivity index (χ2n) is 4.28. The van der Waals surface area contributed by atoms with E-state index in [4.69, 9.17) is 10.00 Å². The minimum Gasteiger partial charge on any atom is -0.389 e. The Labute approximate surface area is 109 Å². The maximum atomic E-state index is 11.6. The first-order valence-corrected chi connectivity index (χ1v) is 6.31. The zero-order valence-electron chi connectivity index (χ0n) is 11.5. The molecule has 1 amide bonds. The van der Waals surface area contributed by atoms with E-state index in [1.165, 1.54) is 6.20 Å². The van der Waals surface area contributed by atoms with E-state index >= 15 is 0 Å². The van der Waals surface area contributed by atoms with Crippen molar-refractivity contribution in [3.05, 3.63) is 11.8 Å². The van der Waals surface area contributed by atoms with Gasteiger partial charge in [-0.25, -0.2) is 0 Å². The van der Waals surface area contributed by atoms with Crippen LogP contribution in [0.25, 0.3) is 0 Å². The zero-order valence-corrected chi connectivity index (χ0v) is 11.5. The molecule has 0 heterocycles. The number of ether oxygens (including phenoxy) is 1. The van der Waals surface area contributed by atoms with Crippen molar-refractivity contribution in [1.29, 1.82) is 5.26 Å². The molecule has 0 aromatic heterocycles.